The fourth-order valence-electron chi connectivity index (χ4n) is 3.81. The van der Waals surface area contributed by atoms with Gasteiger partial charge in [0.1, 0.15) is 0 Å². The van der Waals surface area contributed by atoms with Crippen LogP contribution in [0.25, 0.3) is 0 Å². The quantitative estimate of drug-likeness (QED) is 0.634. The minimum atomic E-state index is -2.93. The highest BCUT2D eigenvalue weighted by atomic mass is 19.3. The van der Waals surface area contributed by atoms with Gasteiger partial charge in [0.15, 0.2) is 11.5 Å². The predicted molar refractivity (Wildman–Crippen MR) is 121 cm³/mol. The molecule has 1 aliphatic rings. The van der Waals surface area contributed by atoms with E-state index in [1.807, 2.05) is 24.3 Å². The van der Waals surface area contributed by atoms with E-state index in [-0.39, 0.29) is 17.4 Å². The van der Waals surface area contributed by atoms with Crippen LogP contribution in [0.5, 0.6) is 11.5 Å². The van der Waals surface area contributed by atoms with Gasteiger partial charge in [-0.05, 0) is 62.2 Å². The molecule has 3 rings (SSSR count). The number of alkyl halides is 2. The molecule has 0 saturated carbocycles. The number of benzene rings is 2. The van der Waals surface area contributed by atoms with E-state index in [0.717, 1.165) is 37.4 Å². The van der Waals surface area contributed by atoms with Gasteiger partial charge in [-0.1, -0.05) is 6.07 Å². The van der Waals surface area contributed by atoms with Crippen molar-refractivity contribution in [1.29, 1.82) is 0 Å². The molecule has 0 atom stereocenters. The monoisotopic (exact) mass is 447 g/mol. The largest absolute Gasteiger partial charge is 0.493 e. The summed E-state index contributed by atoms with van der Waals surface area (Å²) >= 11 is 0. The lowest BCUT2D eigenvalue weighted by atomic mass is 10.1. The van der Waals surface area contributed by atoms with Gasteiger partial charge >= 0.3 is 6.61 Å². The van der Waals surface area contributed by atoms with E-state index in [2.05, 4.69) is 33.7 Å². The number of nitrogens with one attached hydrogen (secondary N) is 1. The highest BCUT2D eigenvalue weighted by molar-refractivity contribution is 5.94. The van der Waals surface area contributed by atoms with Crippen LogP contribution in [-0.2, 0) is 6.42 Å². The molecular weight excluding hydrogens is 416 g/mol. The smallest absolute Gasteiger partial charge is 0.387 e. The van der Waals surface area contributed by atoms with E-state index >= 15 is 0 Å². The van der Waals surface area contributed by atoms with Gasteiger partial charge < -0.3 is 19.7 Å². The summed E-state index contributed by atoms with van der Waals surface area (Å²) in [6, 6.07) is 13.0. The minimum Gasteiger partial charge on any atom is -0.493 e. The first-order valence-corrected chi connectivity index (χ1v) is 10.9. The van der Waals surface area contributed by atoms with E-state index in [1.54, 1.807) is 12.1 Å². The summed E-state index contributed by atoms with van der Waals surface area (Å²) in [4.78, 5) is 17.3. The first kappa shape index (κ1) is 23.8. The second kappa shape index (κ2) is 11.1. The van der Waals surface area contributed by atoms with E-state index in [1.165, 1.54) is 13.2 Å². The molecule has 0 radical (unpaired) electrons. The summed E-state index contributed by atoms with van der Waals surface area (Å²) in [5.74, 6) is 0.0543. The molecule has 174 valence electrons. The number of rotatable bonds is 9. The van der Waals surface area contributed by atoms with Crippen molar-refractivity contribution in [3.05, 3.63) is 53.6 Å². The number of hydrogen-bond donors (Lipinski definition) is 1. The van der Waals surface area contributed by atoms with Crippen LogP contribution in [-0.4, -0.2) is 63.3 Å². The molecule has 0 aliphatic carbocycles. The normalized spacial score (nSPS) is 14.7. The number of hydrogen-bond acceptors (Lipinski definition) is 5. The van der Waals surface area contributed by atoms with Crippen LogP contribution in [0.15, 0.2) is 42.5 Å². The average molecular weight is 448 g/mol. The zero-order valence-electron chi connectivity index (χ0n) is 18.8. The maximum Gasteiger partial charge on any atom is 0.387 e. The molecule has 1 N–H and O–H groups in total. The number of nitrogens with zero attached hydrogens (tertiary/aromatic N) is 2. The van der Waals surface area contributed by atoms with Gasteiger partial charge in [-0.3, -0.25) is 9.69 Å². The summed E-state index contributed by atoms with van der Waals surface area (Å²) in [6.07, 6.45) is 0.480. The third kappa shape index (κ3) is 6.32. The number of ether oxygens (including phenoxy) is 2. The Hall–Kier alpha value is -2.87. The molecule has 0 aromatic heterocycles. The number of amides is 1. The first-order chi connectivity index (χ1) is 15.4. The van der Waals surface area contributed by atoms with Crippen molar-refractivity contribution >= 4 is 11.6 Å². The van der Waals surface area contributed by atoms with Crippen LogP contribution < -0.4 is 19.7 Å². The number of methoxy groups -OCH3 is 1. The summed E-state index contributed by atoms with van der Waals surface area (Å²) in [7, 11) is 1.39. The van der Waals surface area contributed by atoms with E-state index < -0.39 is 6.61 Å². The molecule has 2 aromatic rings. The molecule has 1 aliphatic heterocycles. The maximum atomic E-state index is 12.6. The molecule has 0 unspecified atom stereocenters. The zero-order chi connectivity index (χ0) is 23.1. The number of carbonyl (C=O) groups excluding carboxylic acids is 1. The van der Waals surface area contributed by atoms with Crippen molar-refractivity contribution in [1.82, 2.24) is 10.2 Å². The summed E-state index contributed by atoms with van der Waals surface area (Å²) in [5.41, 5.74) is 2.47. The fourth-order valence-corrected chi connectivity index (χ4v) is 3.81. The lowest BCUT2D eigenvalue weighted by molar-refractivity contribution is -0.0512. The van der Waals surface area contributed by atoms with Crippen molar-refractivity contribution in [2.75, 3.05) is 44.7 Å². The molecule has 1 saturated heterocycles. The Morgan fingerprint density at radius 1 is 1.03 bits per heavy atom. The van der Waals surface area contributed by atoms with Gasteiger partial charge in [0.2, 0.25) is 0 Å². The van der Waals surface area contributed by atoms with E-state index in [9.17, 15) is 13.6 Å². The Balaban J connectivity index is 1.50. The highest BCUT2D eigenvalue weighted by Crippen LogP contribution is 2.29. The predicted octanol–water partition coefficient (Wildman–Crippen LogP) is 3.80. The second-order valence-corrected chi connectivity index (χ2v) is 8.03. The van der Waals surface area contributed by atoms with Crippen molar-refractivity contribution in [3.63, 3.8) is 0 Å². The Bertz CT molecular complexity index is 883. The van der Waals surface area contributed by atoms with Gasteiger partial charge in [-0.2, -0.15) is 8.78 Å². The minimum absolute atomic E-state index is 0.0175. The van der Waals surface area contributed by atoms with Crippen LogP contribution >= 0.6 is 0 Å². The van der Waals surface area contributed by atoms with Gasteiger partial charge in [0.25, 0.3) is 5.91 Å². The zero-order valence-corrected chi connectivity index (χ0v) is 18.8. The molecule has 8 heteroatoms. The van der Waals surface area contributed by atoms with Crippen LogP contribution in [0.3, 0.4) is 0 Å². The highest BCUT2D eigenvalue weighted by Gasteiger charge is 2.19. The topological polar surface area (TPSA) is 54.0 Å². The number of piperazine rings is 1. The van der Waals surface area contributed by atoms with Gasteiger partial charge in [-0.15, -0.1) is 0 Å². The summed E-state index contributed by atoms with van der Waals surface area (Å²) < 4.78 is 34.7. The third-order valence-corrected chi connectivity index (χ3v) is 5.68. The molecule has 0 bridgehead atoms. The maximum absolute atomic E-state index is 12.6. The summed E-state index contributed by atoms with van der Waals surface area (Å²) in [6.45, 7) is 5.90. The third-order valence-electron chi connectivity index (χ3n) is 5.68. The number of carbonyl (C=O) groups is 1. The Morgan fingerprint density at radius 2 is 1.72 bits per heavy atom. The molecule has 1 fully saturated rings. The molecular formula is C24H31F2N3O3. The molecule has 1 heterocycles. The second-order valence-electron chi connectivity index (χ2n) is 8.03. The van der Waals surface area contributed by atoms with Gasteiger partial charge in [0, 0.05) is 50.0 Å². The molecule has 1 amide bonds. The molecule has 6 nitrogen and oxygen atoms in total. The Labute approximate surface area is 188 Å². The van der Waals surface area contributed by atoms with Crippen LogP contribution in [0.2, 0.25) is 0 Å². The van der Waals surface area contributed by atoms with Gasteiger partial charge in [0.05, 0.1) is 7.11 Å². The first-order valence-electron chi connectivity index (χ1n) is 10.9. The van der Waals surface area contributed by atoms with Crippen LogP contribution in [0, 0.1) is 0 Å². The Kier molecular flexibility index (Phi) is 8.27. The molecule has 2 aromatic carbocycles. The van der Waals surface area contributed by atoms with Crippen LogP contribution in [0.4, 0.5) is 14.5 Å². The van der Waals surface area contributed by atoms with E-state index in [0.29, 0.717) is 24.6 Å². The van der Waals surface area contributed by atoms with Crippen molar-refractivity contribution in [3.8, 4) is 11.5 Å². The summed E-state index contributed by atoms with van der Waals surface area (Å²) in [5, 5.41) is 2.87. The Morgan fingerprint density at radius 3 is 2.31 bits per heavy atom. The van der Waals surface area contributed by atoms with E-state index in [4.69, 9.17) is 4.74 Å². The van der Waals surface area contributed by atoms with Gasteiger partial charge in [-0.25, -0.2) is 0 Å². The van der Waals surface area contributed by atoms with Crippen LogP contribution in [0.1, 0.15) is 29.8 Å². The standard InChI is InChI=1S/C24H31F2N3O3/c1-17(2)28-12-14-29(15-13-28)20-7-5-19(6-8-20)23(30)27-11-10-18-4-9-21(31-3)22(16-18)32-24(25)26/h4-9,16-17,24H,10-15H2,1-3H3,(H,27,30). The SMILES string of the molecule is COc1ccc(CCNC(=O)c2ccc(N3CCN(C(C)C)CC3)cc2)cc1OC(F)F. The van der Waals surface area contributed by atoms with Crippen molar-refractivity contribution < 1.29 is 23.0 Å². The lowest BCUT2D eigenvalue weighted by Gasteiger charge is -2.38. The molecule has 32 heavy (non-hydrogen) atoms. The van der Waals surface area contributed by atoms with Crippen molar-refractivity contribution in [2.24, 2.45) is 0 Å². The number of halogens is 2. The number of anilines is 1. The molecule has 0 spiro atoms. The fraction of sp³-hybridized carbons (Fsp3) is 0.458. The lowest BCUT2D eigenvalue weighted by Crippen LogP contribution is -2.48. The van der Waals surface area contributed by atoms with Crippen molar-refractivity contribution in [2.45, 2.75) is 32.9 Å². The average Bonchev–Trinajstić information content (AvgIpc) is 2.79.